The number of nitrogens with zero attached hydrogens (tertiary/aromatic N) is 2. The van der Waals surface area contributed by atoms with E-state index in [-0.39, 0.29) is 23.8 Å². The summed E-state index contributed by atoms with van der Waals surface area (Å²) in [7, 11) is -3.75. The first kappa shape index (κ1) is 16.9. The number of fused-ring (bicyclic) bond motifs is 1. The van der Waals surface area contributed by atoms with Gasteiger partial charge < -0.3 is 4.52 Å². The summed E-state index contributed by atoms with van der Waals surface area (Å²) in [4.78, 5) is 0.0320. The fourth-order valence-electron chi connectivity index (χ4n) is 3.00. The van der Waals surface area contributed by atoms with Crippen LogP contribution in [-0.2, 0) is 23.0 Å². The molecule has 2 aromatic carbocycles. The number of aromatic nitrogens is 1. The minimum atomic E-state index is -3.75. The lowest BCUT2D eigenvalue weighted by molar-refractivity contribution is 0.371. The van der Waals surface area contributed by atoms with E-state index < -0.39 is 15.8 Å². The van der Waals surface area contributed by atoms with Gasteiger partial charge in [0.25, 0.3) is 0 Å². The zero-order valence-electron chi connectivity index (χ0n) is 13.5. The average molecular weight is 376 g/mol. The van der Waals surface area contributed by atoms with Gasteiger partial charge in [0.1, 0.15) is 17.3 Å². The largest absolute Gasteiger partial charge is 0.356 e. The Morgan fingerprint density at radius 1 is 0.962 bits per heavy atom. The summed E-state index contributed by atoms with van der Waals surface area (Å²) in [6.45, 7) is 0.321. The van der Waals surface area contributed by atoms with Crippen LogP contribution in [0.3, 0.4) is 0 Å². The van der Waals surface area contributed by atoms with Crippen LogP contribution in [0.25, 0.3) is 11.3 Å². The number of benzene rings is 2. The van der Waals surface area contributed by atoms with Crippen LogP contribution >= 0.6 is 0 Å². The molecule has 4 rings (SSSR count). The van der Waals surface area contributed by atoms with Gasteiger partial charge in [-0.2, -0.15) is 4.31 Å². The third kappa shape index (κ3) is 2.91. The molecule has 3 aromatic rings. The second-order valence-electron chi connectivity index (χ2n) is 5.99. The normalized spacial score (nSPS) is 15.0. The van der Waals surface area contributed by atoms with Gasteiger partial charge in [0.15, 0.2) is 5.76 Å². The van der Waals surface area contributed by atoms with Crippen LogP contribution in [0.4, 0.5) is 8.78 Å². The number of halogens is 2. The van der Waals surface area contributed by atoms with Crippen LogP contribution in [0.5, 0.6) is 0 Å². The van der Waals surface area contributed by atoms with E-state index in [4.69, 9.17) is 4.52 Å². The molecule has 2 heterocycles. The maximum Gasteiger partial charge on any atom is 0.243 e. The van der Waals surface area contributed by atoms with Gasteiger partial charge in [0.2, 0.25) is 10.0 Å². The predicted molar refractivity (Wildman–Crippen MR) is 89.6 cm³/mol. The summed E-state index contributed by atoms with van der Waals surface area (Å²) in [6, 6.07) is 10.6. The van der Waals surface area contributed by atoms with Crippen LogP contribution in [0.2, 0.25) is 0 Å². The molecule has 8 heteroatoms. The Labute approximate surface area is 148 Å². The van der Waals surface area contributed by atoms with Crippen molar-refractivity contribution in [3.63, 3.8) is 0 Å². The van der Waals surface area contributed by atoms with Gasteiger partial charge in [0.05, 0.1) is 11.4 Å². The van der Waals surface area contributed by atoms with Crippen molar-refractivity contribution >= 4 is 10.0 Å². The lowest BCUT2D eigenvalue weighted by Crippen LogP contribution is -2.36. The van der Waals surface area contributed by atoms with Crippen LogP contribution < -0.4 is 0 Å². The van der Waals surface area contributed by atoms with E-state index in [1.54, 1.807) is 12.1 Å². The average Bonchev–Trinajstić information content (AvgIpc) is 3.06. The van der Waals surface area contributed by atoms with Crippen LogP contribution in [0.1, 0.15) is 11.3 Å². The summed E-state index contributed by atoms with van der Waals surface area (Å²) < 4.78 is 58.3. The number of hydrogen-bond donors (Lipinski definition) is 0. The van der Waals surface area contributed by atoms with Crippen LogP contribution in [0.15, 0.2) is 57.9 Å². The minimum Gasteiger partial charge on any atom is -0.356 e. The first-order valence-electron chi connectivity index (χ1n) is 7.94. The van der Waals surface area contributed by atoms with Gasteiger partial charge in [-0.05, 0) is 55.0 Å². The Kier molecular flexibility index (Phi) is 4.08. The fraction of sp³-hybridized carbons (Fsp3) is 0.167. The highest BCUT2D eigenvalue weighted by molar-refractivity contribution is 7.89. The van der Waals surface area contributed by atoms with Gasteiger partial charge >= 0.3 is 0 Å². The van der Waals surface area contributed by atoms with Crippen molar-refractivity contribution in [2.45, 2.75) is 17.9 Å². The number of hydrogen-bond acceptors (Lipinski definition) is 4. The van der Waals surface area contributed by atoms with E-state index >= 15 is 0 Å². The standard InChI is InChI=1S/C18H14F2N2O3S/c19-13-3-1-12(2-4-13)18-16-9-10-22(11-17(16)21-25-18)26(23,24)15-7-5-14(20)6-8-15/h1-8H,9-11H2. The summed E-state index contributed by atoms with van der Waals surface area (Å²) in [5.74, 6) is -0.317. The molecule has 0 saturated carbocycles. The highest BCUT2D eigenvalue weighted by Gasteiger charge is 2.32. The molecule has 0 saturated heterocycles. The molecule has 0 atom stereocenters. The lowest BCUT2D eigenvalue weighted by atomic mass is 10.0. The van der Waals surface area contributed by atoms with Crippen molar-refractivity contribution in [3.8, 4) is 11.3 Å². The third-order valence-electron chi connectivity index (χ3n) is 4.36. The monoisotopic (exact) mass is 376 g/mol. The topological polar surface area (TPSA) is 63.4 Å². The molecule has 134 valence electrons. The minimum absolute atomic E-state index is 0.0320. The Morgan fingerprint density at radius 2 is 1.58 bits per heavy atom. The molecule has 26 heavy (non-hydrogen) atoms. The molecule has 0 bridgehead atoms. The summed E-state index contributed by atoms with van der Waals surface area (Å²) in [5.41, 5.74) is 2.04. The summed E-state index contributed by atoms with van der Waals surface area (Å²) >= 11 is 0. The highest BCUT2D eigenvalue weighted by atomic mass is 32.2. The molecular formula is C18H14F2N2O3S. The van der Waals surface area contributed by atoms with Crippen molar-refractivity contribution in [2.75, 3.05) is 6.54 Å². The van der Waals surface area contributed by atoms with Gasteiger partial charge in [-0.3, -0.25) is 0 Å². The van der Waals surface area contributed by atoms with E-state index in [2.05, 4.69) is 5.16 Å². The zero-order valence-corrected chi connectivity index (χ0v) is 14.3. The Balaban J connectivity index is 1.63. The molecule has 0 unspecified atom stereocenters. The van der Waals surface area contributed by atoms with E-state index in [0.717, 1.165) is 17.7 Å². The molecule has 0 aliphatic carbocycles. The summed E-state index contributed by atoms with van der Waals surface area (Å²) in [6.07, 6.45) is 0.423. The molecule has 0 spiro atoms. The molecule has 0 radical (unpaired) electrons. The molecule has 0 N–H and O–H groups in total. The first-order valence-corrected chi connectivity index (χ1v) is 9.38. The maximum atomic E-state index is 13.1. The molecule has 5 nitrogen and oxygen atoms in total. The predicted octanol–water partition coefficient (Wildman–Crippen LogP) is 3.37. The zero-order chi connectivity index (χ0) is 18.3. The van der Waals surface area contributed by atoms with E-state index in [1.807, 2.05) is 0 Å². The van der Waals surface area contributed by atoms with Gasteiger partial charge in [-0.25, -0.2) is 17.2 Å². The van der Waals surface area contributed by atoms with E-state index in [1.165, 1.54) is 28.6 Å². The summed E-state index contributed by atoms with van der Waals surface area (Å²) in [5, 5.41) is 3.99. The third-order valence-corrected chi connectivity index (χ3v) is 6.22. The second-order valence-corrected chi connectivity index (χ2v) is 7.92. The molecule has 1 aromatic heterocycles. The maximum absolute atomic E-state index is 13.1. The number of rotatable bonds is 3. The second kappa shape index (κ2) is 6.30. The van der Waals surface area contributed by atoms with Crippen molar-refractivity contribution in [2.24, 2.45) is 0 Å². The quantitative estimate of drug-likeness (QED) is 0.703. The van der Waals surface area contributed by atoms with Gasteiger partial charge in [-0.15, -0.1) is 0 Å². The fourth-order valence-corrected chi connectivity index (χ4v) is 4.40. The lowest BCUT2D eigenvalue weighted by Gasteiger charge is -2.25. The van der Waals surface area contributed by atoms with Crippen molar-refractivity contribution in [1.82, 2.24) is 9.46 Å². The molecule has 0 amide bonds. The Hall–Kier alpha value is -2.58. The molecule has 1 aliphatic rings. The smallest absolute Gasteiger partial charge is 0.243 e. The van der Waals surface area contributed by atoms with Crippen LogP contribution in [-0.4, -0.2) is 24.4 Å². The Morgan fingerprint density at radius 3 is 2.23 bits per heavy atom. The first-order chi connectivity index (χ1) is 12.4. The van der Waals surface area contributed by atoms with Crippen molar-refractivity contribution < 1.29 is 21.7 Å². The molecule has 1 aliphatic heterocycles. The van der Waals surface area contributed by atoms with Gasteiger partial charge in [-0.1, -0.05) is 5.16 Å². The Bertz CT molecular complexity index is 1050. The molecular weight excluding hydrogens is 362 g/mol. The number of sulfonamides is 1. The van der Waals surface area contributed by atoms with E-state index in [0.29, 0.717) is 23.4 Å². The van der Waals surface area contributed by atoms with Crippen molar-refractivity contribution in [1.29, 1.82) is 0 Å². The van der Waals surface area contributed by atoms with E-state index in [9.17, 15) is 17.2 Å². The van der Waals surface area contributed by atoms with Crippen LogP contribution in [0, 0.1) is 11.6 Å². The molecule has 0 fully saturated rings. The SMILES string of the molecule is O=S(=O)(c1ccc(F)cc1)N1CCc2c(noc2-c2ccc(F)cc2)C1. The van der Waals surface area contributed by atoms with Gasteiger partial charge in [0, 0.05) is 17.7 Å². The highest BCUT2D eigenvalue weighted by Crippen LogP contribution is 2.32. The van der Waals surface area contributed by atoms with Crippen molar-refractivity contribution in [3.05, 3.63) is 71.4 Å².